The lowest BCUT2D eigenvalue weighted by molar-refractivity contribution is 0.159. The molecule has 2 unspecified atom stereocenters. The van der Waals surface area contributed by atoms with Gasteiger partial charge < -0.3 is 5.73 Å². The van der Waals surface area contributed by atoms with Gasteiger partial charge in [0.1, 0.15) is 0 Å². The predicted octanol–water partition coefficient (Wildman–Crippen LogP) is 3.36. The van der Waals surface area contributed by atoms with Crippen LogP contribution in [0.2, 0.25) is 0 Å². The van der Waals surface area contributed by atoms with Gasteiger partial charge >= 0.3 is 0 Å². The fraction of sp³-hybridized carbons (Fsp3) is 0.538. The van der Waals surface area contributed by atoms with Gasteiger partial charge in [-0.05, 0) is 44.0 Å². The van der Waals surface area contributed by atoms with Gasteiger partial charge in [0, 0.05) is 23.1 Å². The number of rotatable bonds is 2. The highest BCUT2D eigenvalue weighted by molar-refractivity contribution is 9.10. The lowest BCUT2D eigenvalue weighted by Gasteiger charge is -2.35. The van der Waals surface area contributed by atoms with Crippen LogP contribution in [0.15, 0.2) is 28.7 Å². The molecule has 0 aliphatic carbocycles. The summed E-state index contributed by atoms with van der Waals surface area (Å²) in [6.45, 7) is 4.45. The third-order valence-corrected chi connectivity index (χ3v) is 3.86. The topological polar surface area (TPSA) is 29.3 Å². The van der Waals surface area contributed by atoms with Crippen LogP contribution >= 0.6 is 28.3 Å². The van der Waals surface area contributed by atoms with Crippen molar-refractivity contribution in [3.8, 4) is 0 Å². The van der Waals surface area contributed by atoms with E-state index in [1.54, 1.807) is 0 Å². The average molecular weight is 320 g/mol. The van der Waals surface area contributed by atoms with Crippen LogP contribution in [-0.4, -0.2) is 24.0 Å². The zero-order chi connectivity index (χ0) is 11.5. The Kier molecular flexibility index (Phi) is 5.93. The van der Waals surface area contributed by atoms with Crippen molar-refractivity contribution in [1.82, 2.24) is 4.90 Å². The number of likely N-dealkylation sites (tertiary alicyclic amines) is 1. The minimum absolute atomic E-state index is 0. The van der Waals surface area contributed by atoms with E-state index in [4.69, 9.17) is 5.73 Å². The number of piperidine rings is 1. The van der Waals surface area contributed by atoms with Crippen molar-refractivity contribution in [2.24, 2.45) is 5.73 Å². The highest BCUT2D eigenvalue weighted by Crippen LogP contribution is 2.25. The predicted molar refractivity (Wildman–Crippen MR) is 78.6 cm³/mol. The SMILES string of the molecule is CC(c1cccc(Br)c1)N1CCCC(N)C1.Cl. The molecule has 2 atom stereocenters. The molecule has 0 radical (unpaired) electrons. The Morgan fingerprint density at radius 3 is 2.88 bits per heavy atom. The summed E-state index contributed by atoms with van der Waals surface area (Å²) in [5.41, 5.74) is 7.38. The normalized spacial score (nSPS) is 22.9. The summed E-state index contributed by atoms with van der Waals surface area (Å²) in [5.74, 6) is 0. The van der Waals surface area contributed by atoms with Gasteiger partial charge in [0.25, 0.3) is 0 Å². The Balaban J connectivity index is 0.00000144. The monoisotopic (exact) mass is 318 g/mol. The number of hydrogen-bond donors (Lipinski definition) is 1. The summed E-state index contributed by atoms with van der Waals surface area (Å²) in [5, 5.41) is 0. The summed E-state index contributed by atoms with van der Waals surface area (Å²) in [6.07, 6.45) is 2.39. The first-order valence-corrected chi connectivity index (χ1v) is 6.71. The first kappa shape index (κ1) is 15.0. The second-order valence-corrected chi connectivity index (χ2v) is 5.54. The van der Waals surface area contributed by atoms with Crippen LogP contribution < -0.4 is 5.73 Å². The first-order valence-electron chi connectivity index (χ1n) is 5.92. The molecule has 2 N–H and O–H groups in total. The van der Waals surface area contributed by atoms with E-state index in [1.807, 2.05) is 0 Å². The lowest BCUT2D eigenvalue weighted by Crippen LogP contribution is -2.43. The highest BCUT2D eigenvalue weighted by Gasteiger charge is 2.22. The average Bonchev–Trinajstić information content (AvgIpc) is 2.28. The Labute approximate surface area is 118 Å². The van der Waals surface area contributed by atoms with Gasteiger partial charge in [0.15, 0.2) is 0 Å². The van der Waals surface area contributed by atoms with Gasteiger partial charge in [0.05, 0.1) is 0 Å². The molecule has 1 heterocycles. The maximum atomic E-state index is 6.02. The standard InChI is InChI=1S/C13H19BrN2.ClH/c1-10(11-4-2-5-12(14)8-11)16-7-3-6-13(15)9-16;/h2,4-5,8,10,13H,3,6-7,9,15H2,1H3;1H. The van der Waals surface area contributed by atoms with E-state index in [9.17, 15) is 0 Å². The van der Waals surface area contributed by atoms with Gasteiger partial charge in [-0.3, -0.25) is 4.90 Å². The lowest BCUT2D eigenvalue weighted by atomic mass is 10.0. The Morgan fingerprint density at radius 1 is 1.47 bits per heavy atom. The molecule has 17 heavy (non-hydrogen) atoms. The molecule has 0 spiro atoms. The van der Waals surface area contributed by atoms with Crippen molar-refractivity contribution in [2.45, 2.75) is 31.8 Å². The number of nitrogens with zero attached hydrogens (tertiary/aromatic N) is 1. The molecule has 1 aromatic rings. The molecule has 1 aliphatic heterocycles. The molecule has 1 aliphatic rings. The second kappa shape index (κ2) is 6.74. The third-order valence-electron chi connectivity index (χ3n) is 3.37. The van der Waals surface area contributed by atoms with Gasteiger partial charge in [-0.15, -0.1) is 12.4 Å². The minimum Gasteiger partial charge on any atom is -0.327 e. The molecular weight excluding hydrogens is 300 g/mol. The van der Waals surface area contributed by atoms with E-state index < -0.39 is 0 Å². The van der Waals surface area contributed by atoms with Gasteiger partial charge in [-0.25, -0.2) is 0 Å². The summed E-state index contributed by atoms with van der Waals surface area (Å²) in [7, 11) is 0. The Bertz CT molecular complexity index is 359. The molecule has 2 nitrogen and oxygen atoms in total. The summed E-state index contributed by atoms with van der Waals surface area (Å²) >= 11 is 3.52. The van der Waals surface area contributed by atoms with Crippen LogP contribution in [0, 0.1) is 0 Å². The largest absolute Gasteiger partial charge is 0.327 e. The van der Waals surface area contributed by atoms with Crippen molar-refractivity contribution >= 4 is 28.3 Å². The maximum Gasteiger partial charge on any atom is 0.0320 e. The van der Waals surface area contributed by atoms with Gasteiger partial charge in [0.2, 0.25) is 0 Å². The van der Waals surface area contributed by atoms with Crippen LogP contribution in [0.1, 0.15) is 31.4 Å². The van der Waals surface area contributed by atoms with E-state index in [2.05, 4.69) is 52.0 Å². The van der Waals surface area contributed by atoms with E-state index in [1.165, 1.54) is 24.9 Å². The molecule has 2 rings (SSSR count). The second-order valence-electron chi connectivity index (χ2n) is 4.63. The van der Waals surface area contributed by atoms with Crippen LogP contribution in [0.3, 0.4) is 0 Å². The molecule has 96 valence electrons. The van der Waals surface area contributed by atoms with Crippen LogP contribution in [0.4, 0.5) is 0 Å². The molecule has 1 saturated heterocycles. The zero-order valence-corrected chi connectivity index (χ0v) is 12.5. The van der Waals surface area contributed by atoms with Gasteiger partial charge in [-0.1, -0.05) is 28.1 Å². The smallest absolute Gasteiger partial charge is 0.0320 e. The third kappa shape index (κ3) is 3.95. The van der Waals surface area contributed by atoms with Crippen molar-refractivity contribution in [3.05, 3.63) is 34.3 Å². The van der Waals surface area contributed by atoms with Crippen molar-refractivity contribution in [3.63, 3.8) is 0 Å². The highest BCUT2D eigenvalue weighted by atomic mass is 79.9. The van der Waals surface area contributed by atoms with E-state index in [0.717, 1.165) is 11.0 Å². The minimum atomic E-state index is 0. The zero-order valence-electron chi connectivity index (χ0n) is 10.1. The first-order chi connectivity index (χ1) is 7.66. The molecule has 1 aromatic carbocycles. The number of hydrogen-bond acceptors (Lipinski definition) is 2. The van der Waals surface area contributed by atoms with Crippen molar-refractivity contribution < 1.29 is 0 Å². The van der Waals surface area contributed by atoms with E-state index in [-0.39, 0.29) is 12.4 Å². The molecule has 4 heteroatoms. The quantitative estimate of drug-likeness (QED) is 0.906. The van der Waals surface area contributed by atoms with Crippen LogP contribution in [-0.2, 0) is 0 Å². The van der Waals surface area contributed by atoms with E-state index >= 15 is 0 Å². The summed E-state index contributed by atoms with van der Waals surface area (Å²) in [6, 6.07) is 9.37. The summed E-state index contributed by atoms with van der Waals surface area (Å²) in [4.78, 5) is 2.48. The fourth-order valence-corrected chi connectivity index (χ4v) is 2.79. The fourth-order valence-electron chi connectivity index (χ4n) is 2.37. The van der Waals surface area contributed by atoms with Crippen molar-refractivity contribution in [1.29, 1.82) is 0 Å². The van der Waals surface area contributed by atoms with E-state index in [0.29, 0.717) is 12.1 Å². The molecule has 0 amide bonds. The molecule has 0 saturated carbocycles. The Morgan fingerprint density at radius 2 is 2.24 bits per heavy atom. The van der Waals surface area contributed by atoms with Crippen LogP contribution in [0.5, 0.6) is 0 Å². The number of halogens is 2. The summed E-state index contributed by atoms with van der Waals surface area (Å²) < 4.78 is 1.15. The molecular formula is C13H20BrClN2. The molecule has 0 bridgehead atoms. The maximum absolute atomic E-state index is 6.02. The number of nitrogens with two attached hydrogens (primary N) is 1. The van der Waals surface area contributed by atoms with Gasteiger partial charge in [-0.2, -0.15) is 0 Å². The molecule has 1 fully saturated rings. The van der Waals surface area contributed by atoms with Crippen molar-refractivity contribution in [2.75, 3.05) is 13.1 Å². The number of benzene rings is 1. The van der Waals surface area contributed by atoms with Crippen LogP contribution in [0.25, 0.3) is 0 Å². The molecule has 0 aromatic heterocycles. The Hall–Kier alpha value is -0.0900.